The molecule has 0 bridgehead atoms. The van der Waals surface area contributed by atoms with Crippen LogP contribution in [0.25, 0.3) is 0 Å². The number of carbonyl (C=O) groups excluding carboxylic acids is 3. The van der Waals surface area contributed by atoms with Crippen LogP contribution in [0.1, 0.15) is 57.9 Å². The molecule has 2 atom stereocenters. The molecule has 13 heteroatoms. The van der Waals surface area contributed by atoms with E-state index in [1.165, 1.54) is 6.42 Å². The van der Waals surface area contributed by atoms with Gasteiger partial charge in [0, 0.05) is 36.5 Å². The average molecular weight is 605 g/mol. The maximum atomic E-state index is 13.6. The molecule has 41 heavy (non-hydrogen) atoms. The number of hydrogen-bond acceptors (Lipinski definition) is 5. The molecule has 1 saturated heterocycles. The minimum Gasteiger partial charge on any atom is -0.475 e. The number of likely N-dealkylation sites (tertiary alicyclic amines) is 1. The van der Waals surface area contributed by atoms with Gasteiger partial charge in [0.15, 0.2) is 0 Å². The molecule has 230 valence electrons. The number of carboxylic acid groups (broad SMARTS) is 1. The van der Waals surface area contributed by atoms with Crippen molar-refractivity contribution in [3.05, 3.63) is 34.9 Å². The zero-order chi connectivity index (χ0) is 30.7. The van der Waals surface area contributed by atoms with Crippen LogP contribution >= 0.6 is 11.6 Å². The van der Waals surface area contributed by atoms with E-state index in [1.807, 2.05) is 30.9 Å². The largest absolute Gasteiger partial charge is 0.490 e. The molecular weight excluding hydrogens is 565 g/mol. The van der Waals surface area contributed by atoms with Crippen LogP contribution in [0, 0.1) is 5.92 Å². The number of aliphatic carboxylic acids is 1. The van der Waals surface area contributed by atoms with Crippen LogP contribution in [0.3, 0.4) is 0 Å². The standard InChI is InChI=1S/C26H39ClN4O3.C2HF3O2/c1-18(2)25(33)31(21-7-5-4-6-8-21)22-13-14-30(17-22)26(34)23(29-24(32)16-28-3)15-19-9-11-20(27)12-10-19;3-2(4,5)1(6)7/h9-12,18,21-23,28H,4-8,13-17H2,1-3H3,(H,29,32);(H,6,7). The van der Waals surface area contributed by atoms with Crippen molar-refractivity contribution in [2.75, 3.05) is 26.7 Å². The molecule has 3 rings (SSSR count). The number of likely N-dealkylation sites (N-methyl/N-ethyl adjacent to an activating group) is 1. The van der Waals surface area contributed by atoms with Crippen molar-refractivity contribution >= 4 is 35.3 Å². The number of halogens is 4. The Bertz CT molecular complexity index is 1030. The first-order chi connectivity index (χ1) is 19.2. The quantitative estimate of drug-likeness (QED) is 0.396. The fraction of sp³-hybridized carbons (Fsp3) is 0.643. The monoisotopic (exact) mass is 604 g/mol. The minimum absolute atomic E-state index is 0.0335. The molecule has 2 unspecified atom stereocenters. The summed E-state index contributed by atoms with van der Waals surface area (Å²) >= 11 is 6.01. The van der Waals surface area contributed by atoms with Crippen LogP contribution in [0.15, 0.2) is 24.3 Å². The van der Waals surface area contributed by atoms with Crippen LogP contribution in [-0.2, 0) is 25.6 Å². The Kier molecular flexibility index (Phi) is 13.4. The Hall–Kier alpha value is -2.86. The van der Waals surface area contributed by atoms with Crippen LogP contribution < -0.4 is 10.6 Å². The van der Waals surface area contributed by atoms with E-state index in [1.54, 1.807) is 19.2 Å². The van der Waals surface area contributed by atoms with Gasteiger partial charge >= 0.3 is 12.1 Å². The van der Waals surface area contributed by atoms with Crippen LogP contribution in [0.2, 0.25) is 5.02 Å². The molecule has 1 aliphatic heterocycles. The molecule has 0 aromatic heterocycles. The highest BCUT2D eigenvalue weighted by molar-refractivity contribution is 6.30. The Morgan fingerprint density at radius 1 is 1.05 bits per heavy atom. The Morgan fingerprint density at radius 2 is 1.63 bits per heavy atom. The highest BCUT2D eigenvalue weighted by Crippen LogP contribution is 2.29. The molecule has 0 spiro atoms. The summed E-state index contributed by atoms with van der Waals surface area (Å²) in [7, 11) is 1.70. The first-order valence-electron chi connectivity index (χ1n) is 13.8. The van der Waals surface area contributed by atoms with Crippen molar-refractivity contribution in [2.45, 2.75) is 83.1 Å². The lowest BCUT2D eigenvalue weighted by molar-refractivity contribution is -0.192. The lowest BCUT2D eigenvalue weighted by Gasteiger charge is -2.39. The van der Waals surface area contributed by atoms with Crippen molar-refractivity contribution in [3.63, 3.8) is 0 Å². The van der Waals surface area contributed by atoms with Gasteiger partial charge in [-0.3, -0.25) is 14.4 Å². The van der Waals surface area contributed by atoms with Crippen molar-refractivity contribution in [1.82, 2.24) is 20.4 Å². The van der Waals surface area contributed by atoms with Gasteiger partial charge in [0.1, 0.15) is 6.04 Å². The SMILES string of the molecule is CNCC(=O)NC(Cc1ccc(Cl)cc1)C(=O)N1CCC(N(C(=O)C(C)C)C2CCCCC2)C1.O=C(O)C(F)(F)F. The lowest BCUT2D eigenvalue weighted by Crippen LogP contribution is -2.53. The zero-order valence-electron chi connectivity index (χ0n) is 23.7. The average Bonchev–Trinajstić information content (AvgIpc) is 3.39. The molecular formula is C28H40ClF3N4O5. The summed E-state index contributed by atoms with van der Waals surface area (Å²) < 4.78 is 31.7. The maximum absolute atomic E-state index is 13.6. The number of hydrogen-bond donors (Lipinski definition) is 3. The smallest absolute Gasteiger partial charge is 0.475 e. The van der Waals surface area contributed by atoms with Crippen molar-refractivity contribution in [2.24, 2.45) is 5.92 Å². The third kappa shape index (κ3) is 10.8. The predicted octanol–water partition coefficient (Wildman–Crippen LogP) is 3.64. The Labute approximate surface area is 243 Å². The summed E-state index contributed by atoms with van der Waals surface area (Å²) in [6.45, 7) is 5.17. The molecule has 1 aromatic carbocycles. The van der Waals surface area contributed by atoms with Gasteiger partial charge in [-0.1, -0.05) is 56.8 Å². The molecule has 1 heterocycles. The highest BCUT2D eigenvalue weighted by atomic mass is 35.5. The zero-order valence-corrected chi connectivity index (χ0v) is 24.4. The van der Waals surface area contributed by atoms with Gasteiger partial charge < -0.3 is 25.5 Å². The summed E-state index contributed by atoms with van der Waals surface area (Å²) in [5.41, 5.74) is 0.932. The molecule has 2 fully saturated rings. The van der Waals surface area contributed by atoms with E-state index < -0.39 is 18.2 Å². The minimum atomic E-state index is -5.08. The number of nitrogens with zero attached hydrogens (tertiary/aromatic N) is 2. The van der Waals surface area contributed by atoms with E-state index in [-0.39, 0.29) is 42.3 Å². The number of nitrogens with one attached hydrogen (secondary N) is 2. The second-order valence-electron chi connectivity index (χ2n) is 10.7. The topological polar surface area (TPSA) is 119 Å². The van der Waals surface area contributed by atoms with E-state index in [9.17, 15) is 27.6 Å². The van der Waals surface area contributed by atoms with Gasteiger partial charge in [-0.25, -0.2) is 4.79 Å². The van der Waals surface area contributed by atoms with E-state index in [2.05, 4.69) is 15.5 Å². The normalized spacial score (nSPS) is 18.3. The van der Waals surface area contributed by atoms with Crippen LogP contribution in [0.4, 0.5) is 13.2 Å². The highest BCUT2D eigenvalue weighted by Gasteiger charge is 2.40. The van der Waals surface area contributed by atoms with Crippen molar-refractivity contribution < 1.29 is 37.5 Å². The van der Waals surface area contributed by atoms with Crippen LogP contribution in [-0.4, -0.2) is 89.6 Å². The fourth-order valence-electron chi connectivity index (χ4n) is 5.17. The summed E-state index contributed by atoms with van der Waals surface area (Å²) in [6, 6.07) is 6.98. The third-order valence-corrected chi connectivity index (χ3v) is 7.40. The van der Waals surface area contributed by atoms with Crippen molar-refractivity contribution in [3.8, 4) is 0 Å². The molecule has 3 N–H and O–H groups in total. The number of amides is 3. The number of carboxylic acids is 1. The Morgan fingerprint density at radius 3 is 2.15 bits per heavy atom. The van der Waals surface area contributed by atoms with Gasteiger partial charge in [-0.15, -0.1) is 0 Å². The van der Waals surface area contributed by atoms with Gasteiger partial charge in [0.05, 0.1) is 12.6 Å². The second kappa shape index (κ2) is 16.0. The molecule has 1 aliphatic carbocycles. The molecule has 0 radical (unpaired) electrons. The van der Waals surface area contributed by atoms with Gasteiger partial charge in [0.25, 0.3) is 0 Å². The molecule has 3 amide bonds. The van der Waals surface area contributed by atoms with Gasteiger partial charge in [-0.2, -0.15) is 13.2 Å². The summed E-state index contributed by atoms with van der Waals surface area (Å²) in [5.74, 6) is -2.95. The maximum Gasteiger partial charge on any atom is 0.490 e. The lowest BCUT2D eigenvalue weighted by atomic mass is 9.92. The van der Waals surface area contributed by atoms with Gasteiger partial charge in [0.2, 0.25) is 17.7 Å². The van der Waals surface area contributed by atoms with Crippen LogP contribution in [0.5, 0.6) is 0 Å². The fourth-order valence-corrected chi connectivity index (χ4v) is 5.29. The molecule has 9 nitrogen and oxygen atoms in total. The molecule has 2 aliphatic rings. The number of benzene rings is 1. The first kappa shape index (κ1) is 34.3. The van der Waals surface area contributed by atoms with Gasteiger partial charge in [-0.05, 0) is 44.0 Å². The number of alkyl halides is 3. The summed E-state index contributed by atoms with van der Waals surface area (Å²) in [6.07, 6.45) is 1.71. The van der Waals surface area contributed by atoms with E-state index in [0.29, 0.717) is 24.5 Å². The number of carbonyl (C=O) groups is 4. The van der Waals surface area contributed by atoms with E-state index >= 15 is 0 Å². The number of rotatable bonds is 9. The molecule has 1 saturated carbocycles. The Balaban J connectivity index is 0.000000745. The van der Waals surface area contributed by atoms with Crippen molar-refractivity contribution in [1.29, 1.82) is 0 Å². The summed E-state index contributed by atoms with van der Waals surface area (Å²) in [5, 5.41) is 13.5. The second-order valence-corrected chi connectivity index (χ2v) is 11.1. The van der Waals surface area contributed by atoms with E-state index in [4.69, 9.17) is 21.5 Å². The molecule has 1 aromatic rings. The third-order valence-electron chi connectivity index (χ3n) is 7.15. The first-order valence-corrected chi connectivity index (χ1v) is 14.2. The van der Waals surface area contributed by atoms with E-state index in [0.717, 1.165) is 37.7 Å². The predicted molar refractivity (Wildman–Crippen MR) is 148 cm³/mol. The summed E-state index contributed by atoms with van der Waals surface area (Å²) in [4.78, 5) is 51.9.